The van der Waals surface area contributed by atoms with Crippen molar-refractivity contribution in [2.75, 3.05) is 20.3 Å². The van der Waals surface area contributed by atoms with Gasteiger partial charge in [-0.1, -0.05) is 45.4 Å². The first-order valence-electron chi connectivity index (χ1n) is 10.6. The predicted octanol–water partition coefficient (Wildman–Crippen LogP) is 3.11. The largest absolute Gasteiger partial charge is 0.493 e. The van der Waals surface area contributed by atoms with Gasteiger partial charge in [0.15, 0.2) is 0 Å². The fourth-order valence-electron chi connectivity index (χ4n) is 4.29. The van der Waals surface area contributed by atoms with Crippen LogP contribution in [0, 0.1) is 17.8 Å². The summed E-state index contributed by atoms with van der Waals surface area (Å²) < 4.78 is 10.3. The molecule has 2 rings (SSSR count). The second-order valence-corrected chi connectivity index (χ2v) is 8.45. The minimum absolute atomic E-state index is 0.0207. The summed E-state index contributed by atoms with van der Waals surface area (Å²) in [7, 11) is 1.35. The molecule has 3 atom stereocenters. The summed E-state index contributed by atoms with van der Waals surface area (Å²) in [5, 5.41) is 14.1. The van der Waals surface area contributed by atoms with Crippen LogP contribution in [-0.4, -0.2) is 42.8 Å². The number of amides is 1. The first-order valence-corrected chi connectivity index (χ1v) is 10.6. The van der Waals surface area contributed by atoms with Crippen molar-refractivity contribution in [1.82, 2.24) is 5.32 Å². The molecule has 162 valence electrons. The Morgan fingerprint density at radius 3 is 2.69 bits per heavy atom. The molecule has 6 nitrogen and oxygen atoms in total. The van der Waals surface area contributed by atoms with E-state index in [4.69, 9.17) is 4.74 Å². The summed E-state index contributed by atoms with van der Waals surface area (Å²) in [5.74, 6) is 0.673. The number of rotatable bonds is 9. The van der Waals surface area contributed by atoms with Gasteiger partial charge in [-0.25, -0.2) is 0 Å². The van der Waals surface area contributed by atoms with Crippen LogP contribution in [0.15, 0.2) is 24.3 Å². The van der Waals surface area contributed by atoms with Gasteiger partial charge in [0.1, 0.15) is 11.4 Å². The predicted molar refractivity (Wildman–Crippen MR) is 112 cm³/mol. The molecule has 1 saturated carbocycles. The molecule has 0 spiro atoms. The Bertz CT molecular complexity index is 690. The summed E-state index contributed by atoms with van der Waals surface area (Å²) in [6, 6.07) is 7.57. The van der Waals surface area contributed by atoms with E-state index in [0.717, 1.165) is 18.4 Å². The minimum Gasteiger partial charge on any atom is -0.493 e. The molecule has 1 aliphatic carbocycles. The average molecular weight is 406 g/mol. The van der Waals surface area contributed by atoms with Crippen LogP contribution in [0.2, 0.25) is 0 Å². The van der Waals surface area contributed by atoms with Crippen LogP contribution in [-0.2, 0) is 20.7 Å². The third kappa shape index (κ3) is 6.20. The zero-order valence-electron chi connectivity index (χ0n) is 18.1. The van der Waals surface area contributed by atoms with E-state index in [9.17, 15) is 14.7 Å². The number of aliphatic hydroxyl groups is 1. The molecule has 0 unspecified atom stereocenters. The molecule has 1 amide bonds. The number of hydrogen-bond donors (Lipinski definition) is 2. The first-order chi connectivity index (χ1) is 13.8. The maximum Gasteiger partial charge on any atom is 0.308 e. The van der Waals surface area contributed by atoms with Crippen molar-refractivity contribution in [3.63, 3.8) is 0 Å². The summed E-state index contributed by atoms with van der Waals surface area (Å²) in [4.78, 5) is 24.1. The maximum atomic E-state index is 12.9. The molecular formula is C23H35NO5. The Labute approximate surface area is 174 Å². The average Bonchev–Trinajstić information content (AvgIpc) is 2.68. The third-order valence-corrected chi connectivity index (χ3v) is 5.89. The van der Waals surface area contributed by atoms with Gasteiger partial charge in [-0.15, -0.1) is 0 Å². The molecule has 1 aliphatic rings. The van der Waals surface area contributed by atoms with Crippen LogP contribution in [0.1, 0.15) is 52.0 Å². The Hall–Kier alpha value is -2.08. The Morgan fingerprint density at radius 2 is 2.00 bits per heavy atom. The van der Waals surface area contributed by atoms with Crippen molar-refractivity contribution < 1.29 is 24.2 Å². The monoisotopic (exact) mass is 405 g/mol. The van der Waals surface area contributed by atoms with Crippen LogP contribution in [0.4, 0.5) is 0 Å². The van der Waals surface area contributed by atoms with E-state index < -0.39 is 5.60 Å². The fourth-order valence-corrected chi connectivity index (χ4v) is 4.29. The lowest BCUT2D eigenvalue weighted by Gasteiger charge is -2.43. The van der Waals surface area contributed by atoms with Crippen LogP contribution >= 0.6 is 0 Å². The molecule has 0 aliphatic heterocycles. The van der Waals surface area contributed by atoms with Gasteiger partial charge in [-0.2, -0.15) is 0 Å². The highest BCUT2D eigenvalue weighted by Gasteiger charge is 2.48. The number of esters is 1. The van der Waals surface area contributed by atoms with Crippen molar-refractivity contribution in [1.29, 1.82) is 0 Å². The van der Waals surface area contributed by atoms with Crippen molar-refractivity contribution in [3.05, 3.63) is 29.8 Å². The van der Waals surface area contributed by atoms with Gasteiger partial charge in [0.2, 0.25) is 0 Å². The molecule has 6 heteroatoms. The topological polar surface area (TPSA) is 84.9 Å². The second kappa shape index (κ2) is 10.6. The van der Waals surface area contributed by atoms with Crippen LogP contribution in [0.25, 0.3) is 0 Å². The summed E-state index contributed by atoms with van der Waals surface area (Å²) in [6.07, 6.45) is 3.20. The lowest BCUT2D eigenvalue weighted by Crippen LogP contribution is -2.56. The smallest absolute Gasteiger partial charge is 0.308 e. The zero-order valence-corrected chi connectivity index (χ0v) is 18.1. The number of para-hydroxylation sites is 1. The lowest BCUT2D eigenvalue weighted by atomic mass is 9.66. The number of carbonyl (C=O) groups is 2. The quantitative estimate of drug-likeness (QED) is 0.617. The van der Waals surface area contributed by atoms with E-state index in [2.05, 4.69) is 30.8 Å². The molecule has 0 aromatic heterocycles. The van der Waals surface area contributed by atoms with E-state index in [0.29, 0.717) is 31.1 Å². The van der Waals surface area contributed by atoms with E-state index in [1.54, 1.807) is 0 Å². The van der Waals surface area contributed by atoms with Gasteiger partial charge in [-0.05, 0) is 48.6 Å². The van der Waals surface area contributed by atoms with Gasteiger partial charge in [0, 0.05) is 6.54 Å². The Balaban J connectivity index is 1.93. The van der Waals surface area contributed by atoms with E-state index >= 15 is 0 Å². The van der Waals surface area contributed by atoms with E-state index in [1.807, 2.05) is 24.3 Å². The molecule has 0 bridgehead atoms. The number of methoxy groups -OCH3 is 1. The van der Waals surface area contributed by atoms with Crippen LogP contribution < -0.4 is 10.1 Å². The molecule has 2 N–H and O–H groups in total. The van der Waals surface area contributed by atoms with E-state index in [-0.39, 0.29) is 36.7 Å². The van der Waals surface area contributed by atoms with E-state index in [1.165, 1.54) is 7.11 Å². The fraction of sp³-hybridized carbons (Fsp3) is 0.652. The molecule has 1 fully saturated rings. The SMILES string of the molecule is COC(=O)CCOc1ccccc1CCNC(=O)[C@]1(O)C[C@H](C)CC[C@H]1C(C)C. The van der Waals surface area contributed by atoms with Crippen molar-refractivity contribution in [2.45, 2.75) is 58.5 Å². The molecule has 1 aromatic rings. The normalized spacial score (nSPS) is 24.2. The van der Waals surface area contributed by atoms with Crippen molar-refractivity contribution in [2.24, 2.45) is 17.8 Å². The lowest BCUT2D eigenvalue weighted by molar-refractivity contribution is -0.155. The number of benzene rings is 1. The summed E-state index contributed by atoms with van der Waals surface area (Å²) in [6.45, 7) is 6.89. The molecular weight excluding hydrogens is 370 g/mol. The van der Waals surface area contributed by atoms with Crippen LogP contribution in [0.5, 0.6) is 5.75 Å². The third-order valence-electron chi connectivity index (χ3n) is 5.89. The van der Waals surface area contributed by atoms with Gasteiger partial charge >= 0.3 is 5.97 Å². The number of nitrogens with one attached hydrogen (secondary N) is 1. The van der Waals surface area contributed by atoms with Crippen molar-refractivity contribution in [3.8, 4) is 5.75 Å². The number of ether oxygens (including phenoxy) is 2. The Kier molecular flexibility index (Phi) is 8.50. The minimum atomic E-state index is -1.30. The van der Waals surface area contributed by atoms with Gasteiger partial charge in [0.25, 0.3) is 5.91 Å². The molecule has 0 radical (unpaired) electrons. The summed E-state index contributed by atoms with van der Waals surface area (Å²) >= 11 is 0. The maximum absolute atomic E-state index is 12.9. The first kappa shape index (κ1) is 23.2. The highest BCUT2D eigenvalue weighted by molar-refractivity contribution is 5.85. The zero-order chi connectivity index (χ0) is 21.4. The number of carbonyl (C=O) groups excluding carboxylic acids is 2. The van der Waals surface area contributed by atoms with Crippen LogP contribution in [0.3, 0.4) is 0 Å². The highest BCUT2D eigenvalue weighted by Crippen LogP contribution is 2.41. The van der Waals surface area contributed by atoms with Gasteiger partial charge < -0.3 is 19.9 Å². The van der Waals surface area contributed by atoms with Gasteiger partial charge in [0.05, 0.1) is 20.1 Å². The standard InChI is InChI=1S/C23H35NO5/c1-16(2)19-10-9-17(3)15-23(19,27)22(26)24-13-11-18-7-5-6-8-20(18)29-14-12-21(25)28-4/h5-8,16-17,19,27H,9-15H2,1-4H3,(H,24,26)/t17-,19+,23+/m1/s1. The highest BCUT2D eigenvalue weighted by atomic mass is 16.5. The van der Waals surface area contributed by atoms with Gasteiger partial charge in [-0.3, -0.25) is 9.59 Å². The Morgan fingerprint density at radius 1 is 1.28 bits per heavy atom. The number of hydrogen-bond acceptors (Lipinski definition) is 5. The summed E-state index contributed by atoms with van der Waals surface area (Å²) in [5.41, 5.74) is -0.357. The molecule has 1 aromatic carbocycles. The van der Waals surface area contributed by atoms with Crippen molar-refractivity contribution >= 4 is 11.9 Å². The molecule has 29 heavy (non-hydrogen) atoms. The molecule has 0 saturated heterocycles. The second-order valence-electron chi connectivity index (χ2n) is 8.45. The molecule has 0 heterocycles.